The second kappa shape index (κ2) is 6.08. The number of ether oxygens (including phenoxy) is 1. The lowest BCUT2D eigenvalue weighted by Gasteiger charge is -2.12. The Hall–Kier alpha value is -1.51. The quantitative estimate of drug-likeness (QED) is 0.873. The number of aryl methyl sites for hydroxylation is 1. The van der Waals surface area contributed by atoms with E-state index in [4.69, 9.17) is 16.3 Å². The third-order valence-electron chi connectivity index (χ3n) is 3.87. The molecule has 1 N–H and O–H groups in total. The van der Waals surface area contributed by atoms with Gasteiger partial charge in [-0.05, 0) is 55.2 Å². The summed E-state index contributed by atoms with van der Waals surface area (Å²) < 4.78 is 5.48. The van der Waals surface area contributed by atoms with Gasteiger partial charge in [0.1, 0.15) is 5.75 Å². The number of benzene rings is 2. The largest absolute Gasteiger partial charge is 0.496 e. The Balaban J connectivity index is 1.94. The van der Waals surface area contributed by atoms with Crippen LogP contribution >= 0.6 is 11.6 Å². The maximum atomic E-state index is 6.32. The molecule has 2 aromatic carbocycles. The van der Waals surface area contributed by atoms with Crippen LogP contribution in [0.2, 0.25) is 5.02 Å². The van der Waals surface area contributed by atoms with Gasteiger partial charge in [-0.15, -0.1) is 0 Å². The summed E-state index contributed by atoms with van der Waals surface area (Å²) in [6.45, 7) is 2.92. The van der Waals surface area contributed by atoms with Crippen LogP contribution in [-0.4, -0.2) is 13.2 Å². The van der Waals surface area contributed by atoms with Crippen LogP contribution in [0.25, 0.3) is 11.1 Å². The van der Waals surface area contributed by atoms with E-state index in [-0.39, 0.29) is 0 Å². The molecule has 21 heavy (non-hydrogen) atoms. The maximum absolute atomic E-state index is 6.32. The lowest BCUT2D eigenvalue weighted by molar-refractivity contribution is 0.416. The molecule has 1 fully saturated rings. The van der Waals surface area contributed by atoms with Crippen LogP contribution in [0, 0.1) is 6.92 Å². The van der Waals surface area contributed by atoms with E-state index in [1.165, 1.54) is 18.4 Å². The summed E-state index contributed by atoms with van der Waals surface area (Å²) in [7, 11) is 1.71. The molecule has 0 atom stereocenters. The molecule has 0 aliphatic heterocycles. The maximum Gasteiger partial charge on any atom is 0.126 e. The SMILES string of the molecule is COc1ccc(C)cc1-c1ccc(Cl)c(CNC2CC2)c1. The molecule has 0 unspecified atom stereocenters. The Morgan fingerprint density at radius 3 is 2.71 bits per heavy atom. The summed E-state index contributed by atoms with van der Waals surface area (Å²) in [5.41, 5.74) is 4.62. The van der Waals surface area contributed by atoms with Gasteiger partial charge in [0.15, 0.2) is 0 Å². The first-order valence-electron chi connectivity index (χ1n) is 7.34. The van der Waals surface area contributed by atoms with E-state index in [9.17, 15) is 0 Å². The van der Waals surface area contributed by atoms with E-state index in [2.05, 4.69) is 36.5 Å². The van der Waals surface area contributed by atoms with Gasteiger partial charge in [-0.1, -0.05) is 29.3 Å². The van der Waals surface area contributed by atoms with Crippen molar-refractivity contribution < 1.29 is 4.74 Å². The summed E-state index contributed by atoms with van der Waals surface area (Å²) >= 11 is 6.32. The highest BCUT2D eigenvalue weighted by atomic mass is 35.5. The summed E-state index contributed by atoms with van der Waals surface area (Å²) in [6, 6.07) is 13.1. The molecule has 2 aromatic rings. The van der Waals surface area contributed by atoms with Crippen LogP contribution < -0.4 is 10.1 Å². The second-order valence-electron chi connectivity index (χ2n) is 5.67. The molecule has 3 heteroatoms. The van der Waals surface area contributed by atoms with Gasteiger partial charge in [0.05, 0.1) is 7.11 Å². The number of hydrogen-bond acceptors (Lipinski definition) is 2. The van der Waals surface area contributed by atoms with Gasteiger partial charge in [-0.3, -0.25) is 0 Å². The molecule has 0 radical (unpaired) electrons. The number of rotatable bonds is 5. The first kappa shape index (κ1) is 14.4. The summed E-state index contributed by atoms with van der Waals surface area (Å²) in [5.74, 6) is 0.893. The fourth-order valence-corrected chi connectivity index (χ4v) is 2.65. The Bertz CT molecular complexity index is 650. The fraction of sp³-hybridized carbons (Fsp3) is 0.333. The highest BCUT2D eigenvalue weighted by Gasteiger charge is 2.20. The molecule has 0 bridgehead atoms. The van der Waals surface area contributed by atoms with Crippen molar-refractivity contribution >= 4 is 11.6 Å². The minimum atomic E-state index is 0.679. The predicted molar refractivity (Wildman–Crippen MR) is 88.0 cm³/mol. The zero-order valence-electron chi connectivity index (χ0n) is 12.4. The van der Waals surface area contributed by atoms with Crippen molar-refractivity contribution in [3.05, 3.63) is 52.5 Å². The molecule has 0 amide bonds. The predicted octanol–water partition coefficient (Wildman–Crippen LogP) is 4.58. The van der Waals surface area contributed by atoms with Crippen molar-refractivity contribution in [3.63, 3.8) is 0 Å². The highest BCUT2D eigenvalue weighted by molar-refractivity contribution is 6.31. The second-order valence-corrected chi connectivity index (χ2v) is 6.07. The van der Waals surface area contributed by atoms with Crippen LogP contribution in [-0.2, 0) is 6.54 Å². The van der Waals surface area contributed by atoms with Crippen molar-refractivity contribution in [2.75, 3.05) is 7.11 Å². The van der Waals surface area contributed by atoms with E-state index < -0.39 is 0 Å². The molecule has 1 aliphatic rings. The van der Waals surface area contributed by atoms with E-state index in [1.54, 1.807) is 7.11 Å². The van der Waals surface area contributed by atoms with Crippen molar-refractivity contribution in [3.8, 4) is 16.9 Å². The molecule has 0 spiro atoms. The molecular formula is C18H20ClNO. The fourth-order valence-electron chi connectivity index (χ4n) is 2.47. The van der Waals surface area contributed by atoms with Crippen molar-refractivity contribution in [2.24, 2.45) is 0 Å². The summed E-state index contributed by atoms with van der Waals surface area (Å²) in [5, 5.41) is 4.33. The van der Waals surface area contributed by atoms with E-state index in [1.807, 2.05) is 12.1 Å². The summed E-state index contributed by atoms with van der Waals surface area (Å²) in [4.78, 5) is 0. The monoisotopic (exact) mass is 301 g/mol. The normalized spacial score (nSPS) is 14.2. The number of nitrogens with one attached hydrogen (secondary N) is 1. The molecule has 110 valence electrons. The molecule has 1 aliphatic carbocycles. The average molecular weight is 302 g/mol. The van der Waals surface area contributed by atoms with Crippen LogP contribution in [0.4, 0.5) is 0 Å². The first-order chi connectivity index (χ1) is 10.2. The average Bonchev–Trinajstić information content (AvgIpc) is 3.30. The lowest BCUT2D eigenvalue weighted by Crippen LogP contribution is -2.15. The van der Waals surface area contributed by atoms with Gasteiger partial charge >= 0.3 is 0 Å². The number of methoxy groups -OCH3 is 1. The van der Waals surface area contributed by atoms with Gasteiger partial charge in [0.25, 0.3) is 0 Å². The Morgan fingerprint density at radius 1 is 1.19 bits per heavy atom. The third-order valence-corrected chi connectivity index (χ3v) is 4.24. The molecule has 0 heterocycles. The number of halogens is 1. The Labute approximate surface area is 131 Å². The molecule has 3 rings (SSSR count). The topological polar surface area (TPSA) is 21.3 Å². The molecule has 2 nitrogen and oxygen atoms in total. The van der Waals surface area contributed by atoms with Gasteiger partial charge < -0.3 is 10.1 Å². The van der Waals surface area contributed by atoms with E-state index >= 15 is 0 Å². The van der Waals surface area contributed by atoms with Crippen LogP contribution in [0.5, 0.6) is 5.75 Å². The lowest BCUT2D eigenvalue weighted by atomic mass is 10.00. The van der Waals surface area contributed by atoms with Crippen LogP contribution in [0.3, 0.4) is 0 Å². The molecule has 0 saturated heterocycles. The zero-order valence-corrected chi connectivity index (χ0v) is 13.2. The smallest absolute Gasteiger partial charge is 0.126 e. The highest BCUT2D eigenvalue weighted by Crippen LogP contribution is 2.33. The molecular weight excluding hydrogens is 282 g/mol. The zero-order chi connectivity index (χ0) is 14.8. The molecule has 1 saturated carbocycles. The van der Waals surface area contributed by atoms with Crippen LogP contribution in [0.1, 0.15) is 24.0 Å². The van der Waals surface area contributed by atoms with Gasteiger partial charge in [0.2, 0.25) is 0 Å². The van der Waals surface area contributed by atoms with E-state index in [0.717, 1.165) is 34.0 Å². The van der Waals surface area contributed by atoms with E-state index in [0.29, 0.717) is 6.04 Å². The first-order valence-corrected chi connectivity index (χ1v) is 7.72. The minimum absolute atomic E-state index is 0.679. The van der Waals surface area contributed by atoms with Crippen LogP contribution in [0.15, 0.2) is 36.4 Å². The summed E-state index contributed by atoms with van der Waals surface area (Å²) in [6.07, 6.45) is 2.56. The number of hydrogen-bond donors (Lipinski definition) is 1. The van der Waals surface area contributed by atoms with Crippen molar-refractivity contribution in [1.29, 1.82) is 0 Å². The standard InChI is InChI=1S/C18H20ClNO/c1-12-3-8-18(21-2)16(9-12)13-4-7-17(19)14(10-13)11-20-15-5-6-15/h3-4,7-10,15,20H,5-6,11H2,1-2H3. The minimum Gasteiger partial charge on any atom is -0.496 e. The van der Waals surface area contributed by atoms with Crippen molar-refractivity contribution in [1.82, 2.24) is 5.32 Å². The molecule has 0 aromatic heterocycles. The van der Waals surface area contributed by atoms with Gasteiger partial charge in [0, 0.05) is 23.2 Å². The van der Waals surface area contributed by atoms with Gasteiger partial charge in [-0.2, -0.15) is 0 Å². The van der Waals surface area contributed by atoms with Gasteiger partial charge in [-0.25, -0.2) is 0 Å². The third kappa shape index (κ3) is 3.39. The Kier molecular flexibility index (Phi) is 4.18. The Morgan fingerprint density at radius 2 is 2.00 bits per heavy atom. The van der Waals surface area contributed by atoms with Crippen molar-refractivity contribution in [2.45, 2.75) is 32.4 Å².